The predicted molar refractivity (Wildman–Crippen MR) is 99.0 cm³/mol. The molecular formula is C18H22N4OS. The number of nitrogens with one attached hydrogen (secondary N) is 2. The highest BCUT2D eigenvalue weighted by atomic mass is 32.2. The molecular weight excluding hydrogens is 320 g/mol. The molecule has 2 aromatic rings. The third-order valence-electron chi connectivity index (χ3n) is 5.17. The highest BCUT2D eigenvalue weighted by Crippen LogP contribution is 2.44. The maximum Gasteiger partial charge on any atom is 0.323 e. The van der Waals surface area contributed by atoms with Crippen LogP contribution < -0.4 is 15.8 Å². The second-order valence-electron chi connectivity index (χ2n) is 6.52. The van der Waals surface area contributed by atoms with Gasteiger partial charge in [0.15, 0.2) is 0 Å². The monoisotopic (exact) mass is 342 g/mol. The highest BCUT2D eigenvalue weighted by Gasteiger charge is 2.35. The molecule has 24 heavy (non-hydrogen) atoms. The first-order valence-corrected chi connectivity index (χ1v) is 9.20. The van der Waals surface area contributed by atoms with Gasteiger partial charge in [-0.15, -0.1) is 6.58 Å². The van der Waals surface area contributed by atoms with Crippen LogP contribution in [0, 0.1) is 0 Å². The quantitative estimate of drug-likeness (QED) is 0.591. The van der Waals surface area contributed by atoms with Crippen LogP contribution in [0.1, 0.15) is 35.6 Å². The minimum Gasteiger partial charge on any atom is -0.351 e. The van der Waals surface area contributed by atoms with Crippen molar-refractivity contribution in [1.82, 2.24) is 14.0 Å². The first kappa shape index (κ1) is 15.6. The van der Waals surface area contributed by atoms with E-state index >= 15 is 0 Å². The van der Waals surface area contributed by atoms with E-state index in [1.54, 1.807) is 0 Å². The molecule has 0 spiro atoms. The first-order valence-electron chi connectivity index (χ1n) is 8.43. The fourth-order valence-corrected chi connectivity index (χ4v) is 5.02. The molecule has 1 aliphatic heterocycles. The van der Waals surface area contributed by atoms with Crippen molar-refractivity contribution in [2.45, 2.75) is 37.6 Å². The molecule has 1 aromatic heterocycles. The van der Waals surface area contributed by atoms with Gasteiger partial charge in [-0.25, -0.2) is 4.79 Å². The molecule has 0 radical (unpaired) electrons. The number of piperidine rings is 1. The molecule has 1 fully saturated rings. The number of fused-ring (bicyclic) bond motifs is 2. The smallest absolute Gasteiger partial charge is 0.323 e. The van der Waals surface area contributed by atoms with Gasteiger partial charge < -0.3 is 11.1 Å². The number of amides is 2. The molecule has 2 aliphatic rings. The van der Waals surface area contributed by atoms with Gasteiger partial charge in [0, 0.05) is 29.5 Å². The topological polar surface area (TPSA) is 72.1 Å². The van der Waals surface area contributed by atoms with Crippen LogP contribution in [-0.2, 0) is 12.8 Å². The molecule has 5 nitrogen and oxygen atoms in total. The molecule has 1 aromatic carbocycles. The van der Waals surface area contributed by atoms with Gasteiger partial charge in [0.2, 0.25) is 0 Å². The number of hydrogen-bond acceptors (Lipinski definition) is 3. The number of carbonyl (C=O) groups excluding carboxylic acids is 1. The van der Waals surface area contributed by atoms with Gasteiger partial charge in [0.05, 0.1) is 17.7 Å². The molecule has 0 saturated carbocycles. The Bertz CT molecular complexity index is 813. The lowest BCUT2D eigenvalue weighted by Crippen LogP contribution is -2.43. The Morgan fingerprint density at radius 1 is 1.54 bits per heavy atom. The largest absolute Gasteiger partial charge is 0.351 e. The van der Waals surface area contributed by atoms with Crippen LogP contribution in [0.25, 0.3) is 10.9 Å². The number of nitrogens with zero attached hydrogens (tertiary/aromatic N) is 1. The second kappa shape index (κ2) is 6.18. The first-order chi connectivity index (χ1) is 11.7. The number of rotatable bonds is 4. The summed E-state index contributed by atoms with van der Waals surface area (Å²) in [6.45, 7) is 5.01. The lowest BCUT2D eigenvalue weighted by atomic mass is 9.75. The van der Waals surface area contributed by atoms with Crippen LogP contribution in [0.5, 0.6) is 0 Å². The number of benzene rings is 1. The lowest BCUT2D eigenvalue weighted by Gasteiger charge is -2.37. The van der Waals surface area contributed by atoms with Crippen LogP contribution in [0.3, 0.4) is 0 Å². The molecule has 2 atom stereocenters. The van der Waals surface area contributed by atoms with Gasteiger partial charge in [-0.1, -0.05) is 18.2 Å². The number of nitrogens with two attached hydrogens (primary N) is 1. The number of aromatic nitrogens is 1. The van der Waals surface area contributed by atoms with E-state index in [9.17, 15) is 4.79 Å². The Kier molecular flexibility index (Phi) is 4.02. The maximum absolute atomic E-state index is 11.2. The van der Waals surface area contributed by atoms with Crippen LogP contribution in [0.15, 0.2) is 30.9 Å². The lowest BCUT2D eigenvalue weighted by molar-refractivity contribution is 0.254. The average molecular weight is 342 g/mol. The fourth-order valence-electron chi connectivity index (χ4n) is 4.29. The molecule has 126 valence electrons. The van der Waals surface area contributed by atoms with Gasteiger partial charge in [-0.2, -0.15) is 0 Å². The molecule has 2 amide bonds. The summed E-state index contributed by atoms with van der Waals surface area (Å²) < 4.78 is 4.77. The van der Waals surface area contributed by atoms with Crippen LogP contribution in [-0.4, -0.2) is 22.6 Å². The van der Waals surface area contributed by atoms with E-state index in [-0.39, 0.29) is 0 Å². The average Bonchev–Trinajstić information content (AvgIpc) is 2.88. The van der Waals surface area contributed by atoms with Gasteiger partial charge in [-0.05, 0) is 43.0 Å². The predicted octanol–water partition coefficient (Wildman–Crippen LogP) is 2.84. The summed E-state index contributed by atoms with van der Waals surface area (Å²) in [7, 11) is 0. The van der Waals surface area contributed by atoms with Crippen molar-refractivity contribution >= 4 is 29.1 Å². The van der Waals surface area contributed by atoms with Crippen molar-refractivity contribution in [3.63, 3.8) is 0 Å². The molecule has 1 saturated heterocycles. The van der Waals surface area contributed by atoms with Gasteiger partial charge in [0.25, 0.3) is 0 Å². The summed E-state index contributed by atoms with van der Waals surface area (Å²) in [4.78, 5) is 11.2. The minimum absolute atomic E-state index is 0.505. The van der Waals surface area contributed by atoms with E-state index < -0.39 is 6.03 Å². The summed E-state index contributed by atoms with van der Waals surface area (Å²) in [5, 5.41) is 5.06. The van der Waals surface area contributed by atoms with Crippen LogP contribution in [0.4, 0.5) is 4.79 Å². The molecule has 0 bridgehead atoms. The number of hydrogen-bond donors (Lipinski definition) is 3. The van der Waals surface area contributed by atoms with Crippen LogP contribution in [0.2, 0.25) is 0 Å². The summed E-state index contributed by atoms with van der Waals surface area (Å²) >= 11 is 1.25. The number of allylic oxidation sites excluding steroid dienone is 1. The summed E-state index contributed by atoms with van der Waals surface area (Å²) in [6.07, 6.45) is 6.20. The van der Waals surface area contributed by atoms with Crippen molar-refractivity contribution in [2.75, 3.05) is 6.54 Å². The second-order valence-corrected chi connectivity index (χ2v) is 7.28. The third kappa shape index (κ3) is 2.41. The standard InChI is InChI=1S/C18H22N4OS/c1-2-5-15-13-10-14-11(7-4-9-20-14)12-6-3-8-16(17(12)13)22(15)24-21-18(19)23/h2-3,6,8,11,14,20H,1,4-5,7,9-10H2,(H3,19,21,23)/t11-,14-/m1/s1. The van der Waals surface area contributed by atoms with Crippen molar-refractivity contribution in [2.24, 2.45) is 5.73 Å². The molecule has 1 aliphatic carbocycles. The van der Waals surface area contributed by atoms with Crippen molar-refractivity contribution in [3.05, 3.63) is 47.7 Å². The molecule has 2 heterocycles. The molecule has 0 unspecified atom stereocenters. The van der Waals surface area contributed by atoms with Crippen molar-refractivity contribution in [3.8, 4) is 0 Å². The SMILES string of the molecule is C=CCc1c2c3c(cccc3n1SNC(N)=O)[C@H]1CCCN[C@@H]1C2. The molecule has 4 N–H and O–H groups in total. The Labute approximate surface area is 145 Å². The number of primary amides is 1. The molecule has 4 rings (SSSR count). The van der Waals surface area contributed by atoms with E-state index in [1.807, 2.05) is 6.08 Å². The third-order valence-corrected chi connectivity index (χ3v) is 6.06. The Balaban J connectivity index is 1.91. The summed E-state index contributed by atoms with van der Waals surface area (Å²) in [5.74, 6) is 0.580. The van der Waals surface area contributed by atoms with Crippen LogP contribution >= 0.6 is 12.1 Å². The zero-order valence-electron chi connectivity index (χ0n) is 13.5. The van der Waals surface area contributed by atoms with Gasteiger partial charge in [0.1, 0.15) is 0 Å². The minimum atomic E-state index is -0.533. The summed E-state index contributed by atoms with van der Waals surface area (Å²) in [5.41, 5.74) is 10.5. The summed E-state index contributed by atoms with van der Waals surface area (Å²) in [6, 6.07) is 6.49. The zero-order valence-corrected chi connectivity index (χ0v) is 14.4. The van der Waals surface area contributed by atoms with Gasteiger partial charge >= 0.3 is 6.03 Å². The fraction of sp³-hybridized carbons (Fsp3) is 0.389. The Hall–Kier alpha value is -1.92. The maximum atomic E-state index is 11.2. The normalized spacial score (nSPS) is 22.2. The molecule has 6 heteroatoms. The van der Waals surface area contributed by atoms with E-state index in [0.29, 0.717) is 12.0 Å². The Morgan fingerprint density at radius 3 is 3.21 bits per heavy atom. The van der Waals surface area contributed by atoms with Crippen molar-refractivity contribution < 1.29 is 4.79 Å². The van der Waals surface area contributed by atoms with E-state index in [4.69, 9.17) is 5.73 Å². The van der Waals surface area contributed by atoms with E-state index in [2.05, 4.69) is 38.8 Å². The van der Waals surface area contributed by atoms with E-state index in [0.717, 1.165) is 24.9 Å². The Morgan fingerprint density at radius 2 is 2.42 bits per heavy atom. The zero-order chi connectivity index (χ0) is 16.7. The number of carbonyl (C=O) groups is 1. The van der Waals surface area contributed by atoms with Crippen molar-refractivity contribution in [1.29, 1.82) is 0 Å². The highest BCUT2D eigenvalue weighted by molar-refractivity contribution is 7.96. The van der Waals surface area contributed by atoms with E-state index in [1.165, 1.54) is 47.2 Å². The van der Waals surface area contributed by atoms with Gasteiger partial charge in [-0.3, -0.25) is 8.69 Å². The number of urea groups is 1.